The minimum atomic E-state index is -6.85. The van der Waals surface area contributed by atoms with Gasteiger partial charge in [0.25, 0.3) is 0 Å². The van der Waals surface area contributed by atoms with Gasteiger partial charge in [0.05, 0.1) is 0 Å². The van der Waals surface area contributed by atoms with Crippen molar-refractivity contribution in [1.29, 1.82) is 0 Å². The Morgan fingerprint density at radius 2 is 1.10 bits per heavy atom. The fraction of sp³-hybridized carbons (Fsp3) is 1.00. The van der Waals surface area contributed by atoms with Crippen LogP contribution in [0.15, 0.2) is 0 Å². The normalized spacial score (nSPS) is 16.7. The molecular weight excluding hydrogens is 340 g/mol. The smallest absolute Gasteiger partial charge is 0.377 e. The Labute approximate surface area is 108 Å². The third kappa shape index (κ3) is 3.48. The van der Waals surface area contributed by atoms with Gasteiger partial charge in [0, 0.05) is 6.42 Å². The summed E-state index contributed by atoms with van der Waals surface area (Å²) in [5, 5.41) is 8.37. The number of halogens is 12. The molecule has 128 valence electrons. The molecule has 0 spiro atoms. The zero-order chi connectivity index (χ0) is 17.4. The van der Waals surface area contributed by atoms with Gasteiger partial charge in [0.15, 0.2) is 0 Å². The van der Waals surface area contributed by atoms with Crippen molar-refractivity contribution < 1.29 is 57.8 Å². The Kier molecular flexibility index (Phi) is 5.48. The Morgan fingerprint density at radius 3 is 1.38 bits per heavy atom. The number of hydrogen-bond donors (Lipinski definition) is 1. The average Bonchev–Trinajstić information content (AvgIpc) is 2.26. The number of aliphatic hydroxyl groups is 1. The summed E-state index contributed by atoms with van der Waals surface area (Å²) in [4.78, 5) is 0. The molecule has 0 saturated carbocycles. The zero-order valence-corrected chi connectivity index (χ0v) is 9.42. The lowest BCUT2D eigenvalue weighted by Gasteiger charge is -2.34. The third-order valence-electron chi connectivity index (χ3n) is 2.34. The second-order valence-corrected chi connectivity index (χ2v) is 3.90. The molecule has 13 heteroatoms. The highest BCUT2D eigenvalue weighted by Gasteiger charge is 2.76. The van der Waals surface area contributed by atoms with Crippen LogP contribution in [0.4, 0.5) is 52.7 Å². The van der Waals surface area contributed by atoms with Crippen molar-refractivity contribution in [3.05, 3.63) is 0 Å². The van der Waals surface area contributed by atoms with Gasteiger partial charge < -0.3 is 5.11 Å². The van der Waals surface area contributed by atoms with E-state index in [1.54, 1.807) is 0 Å². The molecule has 0 fully saturated rings. The maximum atomic E-state index is 12.8. The van der Waals surface area contributed by atoms with Crippen molar-refractivity contribution in [2.24, 2.45) is 0 Å². The van der Waals surface area contributed by atoms with E-state index in [-0.39, 0.29) is 0 Å². The zero-order valence-electron chi connectivity index (χ0n) is 9.42. The summed E-state index contributed by atoms with van der Waals surface area (Å²) in [5.41, 5.74) is 0. The summed E-state index contributed by atoms with van der Waals surface area (Å²) in [5.74, 6) is -25.4. The lowest BCUT2D eigenvalue weighted by Crippen LogP contribution is -2.59. The van der Waals surface area contributed by atoms with Crippen molar-refractivity contribution in [1.82, 2.24) is 0 Å². The van der Waals surface area contributed by atoms with Gasteiger partial charge in [0.2, 0.25) is 0 Å². The predicted octanol–water partition coefficient (Wildman–Crippen LogP) is 3.81. The highest BCUT2D eigenvalue weighted by atomic mass is 19.4. The van der Waals surface area contributed by atoms with E-state index in [1.807, 2.05) is 0 Å². The quantitative estimate of drug-likeness (QED) is 0.695. The average molecular weight is 346 g/mol. The topological polar surface area (TPSA) is 20.2 Å². The number of hydrogen-bond acceptors (Lipinski definition) is 1. The van der Waals surface area contributed by atoms with Crippen molar-refractivity contribution in [2.45, 2.75) is 49.1 Å². The van der Waals surface area contributed by atoms with Crippen LogP contribution < -0.4 is 0 Å². The minimum Gasteiger partial charge on any atom is -0.386 e. The number of aliphatic hydroxyl groups excluding tert-OH is 1. The summed E-state index contributed by atoms with van der Waals surface area (Å²) >= 11 is 0. The summed E-state index contributed by atoms with van der Waals surface area (Å²) in [6, 6.07) is 0. The van der Waals surface area contributed by atoms with Crippen LogP contribution in [0.3, 0.4) is 0 Å². The Morgan fingerprint density at radius 1 is 0.714 bits per heavy atom. The summed E-state index contributed by atoms with van der Waals surface area (Å²) < 4.78 is 147. The van der Waals surface area contributed by atoms with Gasteiger partial charge in [-0.05, 0) is 0 Å². The van der Waals surface area contributed by atoms with Crippen LogP contribution in [0.1, 0.15) is 6.42 Å². The van der Waals surface area contributed by atoms with Gasteiger partial charge in [0.1, 0.15) is 6.10 Å². The molecule has 0 amide bonds. The monoisotopic (exact) mass is 346 g/mol. The van der Waals surface area contributed by atoms with E-state index in [1.165, 1.54) is 0 Å². The molecule has 0 aromatic heterocycles. The van der Waals surface area contributed by atoms with E-state index in [9.17, 15) is 52.7 Å². The molecule has 0 aromatic carbocycles. The lowest BCUT2D eigenvalue weighted by atomic mass is 9.96. The molecule has 0 heterocycles. The first-order valence-electron chi connectivity index (χ1n) is 4.77. The van der Waals surface area contributed by atoms with Crippen LogP contribution in [0.25, 0.3) is 0 Å². The van der Waals surface area contributed by atoms with E-state index in [4.69, 9.17) is 5.11 Å². The van der Waals surface area contributed by atoms with E-state index < -0.39 is 49.1 Å². The van der Waals surface area contributed by atoms with Gasteiger partial charge in [-0.2, -0.15) is 35.1 Å². The molecule has 1 nitrogen and oxygen atoms in total. The fourth-order valence-corrected chi connectivity index (χ4v) is 1.03. The minimum absolute atomic E-state index is 3.28. The van der Waals surface area contributed by atoms with E-state index in [0.29, 0.717) is 0 Å². The standard InChI is InChI=1S/C8H6F12O/c9-3(10)6(15,16)2(21)1-5(13,14)8(19,20)7(17,18)4(11)12/h2-4,21H,1H2. The Balaban J connectivity index is 5.41. The first kappa shape index (κ1) is 20.1. The van der Waals surface area contributed by atoms with E-state index in [0.717, 1.165) is 0 Å². The van der Waals surface area contributed by atoms with Gasteiger partial charge in [-0.3, -0.25) is 0 Å². The molecule has 0 rings (SSSR count). The molecule has 0 aromatic rings. The van der Waals surface area contributed by atoms with Gasteiger partial charge >= 0.3 is 36.5 Å². The van der Waals surface area contributed by atoms with Crippen molar-refractivity contribution >= 4 is 0 Å². The molecule has 0 aliphatic heterocycles. The van der Waals surface area contributed by atoms with Crippen LogP contribution in [-0.4, -0.2) is 47.8 Å². The highest BCUT2D eigenvalue weighted by Crippen LogP contribution is 2.51. The lowest BCUT2D eigenvalue weighted by molar-refractivity contribution is -0.347. The van der Waals surface area contributed by atoms with Crippen LogP contribution in [-0.2, 0) is 0 Å². The van der Waals surface area contributed by atoms with Gasteiger partial charge in [-0.15, -0.1) is 0 Å². The molecular formula is C8H6F12O. The first-order valence-corrected chi connectivity index (χ1v) is 4.77. The molecule has 0 radical (unpaired) electrons. The van der Waals surface area contributed by atoms with Gasteiger partial charge in [-0.25, -0.2) is 17.6 Å². The molecule has 1 unspecified atom stereocenters. The maximum Gasteiger partial charge on any atom is 0.377 e. The first-order chi connectivity index (χ1) is 9.01. The molecule has 1 atom stereocenters. The SMILES string of the molecule is OC(CC(F)(F)C(F)(F)C(F)(F)C(F)F)C(F)(F)C(F)F. The summed E-state index contributed by atoms with van der Waals surface area (Å²) in [7, 11) is 0. The fourth-order valence-electron chi connectivity index (χ4n) is 1.03. The van der Waals surface area contributed by atoms with Gasteiger partial charge in [-0.1, -0.05) is 0 Å². The maximum absolute atomic E-state index is 12.8. The molecule has 0 aliphatic rings. The second-order valence-electron chi connectivity index (χ2n) is 3.90. The van der Waals surface area contributed by atoms with Crippen molar-refractivity contribution in [2.75, 3.05) is 0 Å². The summed E-state index contributed by atoms with van der Waals surface area (Å²) in [6.07, 6.45) is -17.5. The van der Waals surface area contributed by atoms with Crippen LogP contribution in [0, 0.1) is 0 Å². The van der Waals surface area contributed by atoms with E-state index >= 15 is 0 Å². The second kappa shape index (κ2) is 5.72. The third-order valence-corrected chi connectivity index (χ3v) is 2.34. The van der Waals surface area contributed by atoms with Crippen LogP contribution in [0.5, 0.6) is 0 Å². The molecule has 0 bridgehead atoms. The molecule has 1 N–H and O–H groups in total. The molecule has 21 heavy (non-hydrogen) atoms. The number of alkyl halides is 12. The number of rotatable bonds is 7. The van der Waals surface area contributed by atoms with Crippen molar-refractivity contribution in [3.63, 3.8) is 0 Å². The largest absolute Gasteiger partial charge is 0.386 e. The summed E-state index contributed by atoms with van der Waals surface area (Å²) in [6.45, 7) is 0. The van der Waals surface area contributed by atoms with Crippen LogP contribution in [0.2, 0.25) is 0 Å². The van der Waals surface area contributed by atoms with E-state index in [2.05, 4.69) is 0 Å². The molecule has 0 aliphatic carbocycles. The Hall–Kier alpha value is -0.880. The van der Waals surface area contributed by atoms with Crippen molar-refractivity contribution in [3.8, 4) is 0 Å². The Bertz CT molecular complexity index is 351. The van der Waals surface area contributed by atoms with Crippen LogP contribution >= 0.6 is 0 Å². The molecule has 0 saturated heterocycles. The predicted molar refractivity (Wildman–Crippen MR) is 42.4 cm³/mol. The highest BCUT2D eigenvalue weighted by molar-refractivity contribution is 5.00.